The highest BCUT2D eigenvalue weighted by Crippen LogP contribution is 2.56. The van der Waals surface area contributed by atoms with E-state index < -0.39 is 0 Å². The summed E-state index contributed by atoms with van der Waals surface area (Å²) in [6.45, 7) is 9.31. The summed E-state index contributed by atoms with van der Waals surface area (Å²) in [5, 5.41) is 2.37. The molecule has 3 aliphatic rings. The molecule has 0 aromatic heterocycles. The maximum absolute atomic E-state index is 4.56. The third-order valence-corrected chi connectivity index (χ3v) is 12.9. The summed E-state index contributed by atoms with van der Waals surface area (Å²) >= 11 is 0. The molecular formula is C60H47N3. The second kappa shape index (κ2) is 15.5. The number of para-hydroxylation sites is 6. The molecule has 0 saturated carbocycles. The standard InChI is InChI=1S/C60H47N3/c1-42-20-8-5-4-6-9-21-45-22-12-13-28-54(45)61(42)55-33-19-26-48-44(23-18-27-51(48)55)36-34-43-35-38-49-50-39-37-47(41-53(50)60(2,3)52(49)40-43)63-58-31-16-14-29-56(58)62(46-24-10-7-11-25-46)57-30-15-17-32-59(57)63/h4-5,7-41H,1,6H2,2-3H3/b5-4-,20-8-,21-9-,36-34+. The highest BCUT2D eigenvalue weighted by Gasteiger charge is 2.37. The normalized spacial score (nSPS) is 16.4. The molecule has 8 aromatic rings. The molecule has 1 aliphatic carbocycles. The van der Waals surface area contributed by atoms with Crippen molar-refractivity contribution >= 4 is 74.5 Å². The predicted molar refractivity (Wildman–Crippen MR) is 269 cm³/mol. The first kappa shape index (κ1) is 38.1. The molecule has 63 heavy (non-hydrogen) atoms. The van der Waals surface area contributed by atoms with Crippen LogP contribution in [0.15, 0.2) is 219 Å². The SMILES string of the molecule is C=C1/C=C\C=C/C/C=C\c2ccccc2N1c1cccc2c(/C=C/c3ccc4c(c3)C(C)(C)c3cc(N5c6ccccc6N(c6ccccc6)c6ccccc65)ccc3-4)cccc12. The molecule has 0 atom stereocenters. The topological polar surface area (TPSA) is 9.72 Å². The first-order chi connectivity index (χ1) is 31.0. The summed E-state index contributed by atoms with van der Waals surface area (Å²) in [7, 11) is 0. The van der Waals surface area contributed by atoms with Gasteiger partial charge in [-0.1, -0.05) is 178 Å². The highest BCUT2D eigenvalue weighted by atomic mass is 15.3. The molecule has 302 valence electrons. The van der Waals surface area contributed by atoms with Crippen molar-refractivity contribution in [1.29, 1.82) is 0 Å². The van der Waals surface area contributed by atoms with Crippen LogP contribution in [0.25, 0.3) is 40.1 Å². The van der Waals surface area contributed by atoms with Gasteiger partial charge in [-0.2, -0.15) is 0 Å². The van der Waals surface area contributed by atoms with Crippen molar-refractivity contribution < 1.29 is 0 Å². The largest absolute Gasteiger partial charge is 0.310 e. The summed E-state index contributed by atoms with van der Waals surface area (Å²) in [5.74, 6) is 0. The van der Waals surface area contributed by atoms with Gasteiger partial charge in [-0.05, 0) is 117 Å². The van der Waals surface area contributed by atoms with E-state index in [1.807, 2.05) is 0 Å². The van der Waals surface area contributed by atoms with E-state index in [0.29, 0.717) is 0 Å². The van der Waals surface area contributed by atoms with E-state index in [2.05, 4.69) is 260 Å². The Hall–Kier alpha value is -7.88. The number of hydrogen-bond acceptors (Lipinski definition) is 3. The van der Waals surface area contributed by atoms with Crippen LogP contribution in [0.4, 0.5) is 45.5 Å². The van der Waals surface area contributed by atoms with Gasteiger partial charge in [-0.15, -0.1) is 0 Å². The van der Waals surface area contributed by atoms with Gasteiger partial charge < -0.3 is 14.7 Å². The van der Waals surface area contributed by atoms with Crippen LogP contribution in [0.3, 0.4) is 0 Å². The van der Waals surface area contributed by atoms with Crippen molar-refractivity contribution in [3.63, 3.8) is 0 Å². The van der Waals surface area contributed by atoms with E-state index in [1.165, 1.54) is 44.2 Å². The number of rotatable bonds is 5. The maximum Gasteiger partial charge on any atom is 0.0703 e. The van der Waals surface area contributed by atoms with Crippen LogP contribution in [0.5, 0.6) is 0 Å². The van der Waals surface area contributed by atoms with E-state index >= 15 is 0 Å². The highest BCUT2D eigenvalue weighted by molar-refractivity contribution is 6.04. The molecule has 0 spiro atoms. The second-order valence-electron chi connectivity index (χ2n) is 17.0. The molecule has 11 rings (SSSR count). The second-order valence-corrected chi connectivity index (χ2v) is 17.0. The van der Waals surface area contributed by atoms with E-state index in [9.17, 15) is 0 Å². The van der Waals surface area contributed by atoms with E-state index in [0.717, 1.165) is 63.2 Å². The van der Waals surface area contributed by atoms with Crippen LogP contribution >= 0.6 is 0 Å². The Kier molecular flexibility index (Phi) is 9.39. The van der Waals surface area contributed by atoms with Crippen molar-refractivity contribution in [3.8, 4) is 11.1 Å². The van der Waals surface area contributed by atoms with E-state index in [-0.39, 0.29) is 5.41 Å². The van der Waals surface area contributed by atoms with Crippen LogP contribution < -0.4 is 14.7 Å². The van der Waals surface area contributed by atoms with Crippen molar-refractivity contribution in [1.82, 2.24) is 0 Å². The minimum atomic E-state index is -0.204. The van der Waals surface area contributed by atoms with Gasteiger partial charge >= 0.3 is 0 Å². The third-order valence-electron chi connectivity index (χ3n) is 12.9. The Balaban J connectivity index is 0.937. The number of anilines is 8. The molecule has 0 radical (unpaired) electrons. The average molecular weight is 810 g/mol. The molecule has 0 bridgehead atoms. The number of benzene rings is 8. The van der Waals surface area contributed by atoms with Crippen LogP contribution in [-0.4, -0.2) is 0 Å². The maximum atomic E-state index is 4.56. The van der Waals surface area contributed by atoms with Gasteiger partial charge in [0.1, 0.15) is 0 Å². The fourth-order valence-electron chi connectivity index (χ4n) is 9.85. The summed E-state index contributed by atoms with van der Waals surface area (Å²) < 4.78 is 0. The van der Waals surface area contributed by atoms with Gasteiger partial charge in [0.2, 0.25) is 0 Å². The molecular weight excluding hydrogens is 763 g/mol. The van der Waals surface area contributed by atoms with Gasteiger partial charge in [-0.3, -0.25) is 0 Å². The summed E-state index contributed by atoms with van der Waals surface area (Å²) in [6.07, 6.45) is 18.3. The average Bonchev–Trinajstić information content (AvgIpc) is 3.52. The van der Waals surface area contributed by atoms with Gasteiger partial charge in [0, 0.05) is 27.9 Å². The quantitative estimate of drug-likeness (QED) is 0.160. The Labute approximate surface area is 370 Å². The smallest absolute Gasteiger partial charge is 0.0703 e. The van der Waals surface area contributed by atoms with Crippen molar-refractivity contribution in [2.24, 2.45) is 0 Å². The molecule has 0 fully saturated rings. The van der Waals surface area contributed by atoms with Crippen LogP contribution in [-0.2, 0) is 5.41 Å². The van der Waals surface area contributed by atoms with E-state index in [1.54, 1.807) is 0 Å². The Morgan fingerprint density at radius 2 is 1.06 bits per heavy atom. The van der Waals surface area contributed by atoms with Gasteiger partial charge in [0.25, 0.3) is 0 Å². The third kappa shape index (κ3) is 6.52. The lowest BCUT2D eigenvalue weighted by Crippen LogP contribution is -2.24. The number of hydrogen-bond donors (Lipinski definition) is 0. The number of nitrogens with zero attached hydrogens (tertiary/aromatic N) is 3. The molecule has 3 nitrogen and oxygen atoms in total. The molecule has 0 amide bonds. The van der Waals surface area contributed by atoms with Crippen molar-refractivity contribution in [2.45, 2.75) is 25.7 Å². The van der Waals surface area contributed by atoms with Crippen molar-refractivity contribution in [3.05, 3.63) is 246 Å². The first-order valence-electron chi connectivity index (χ1n) is 21.9. The minimum absolute atomic E-state index is 0.204. The lowest BCUT2D eigenvalue weighted by molar-refractivity contribution is 0.660. The lowest BCUT2D eigenvalue weighted by Gasteiger charge is -2.40. The monoisotopic (exact) mass is 809 g/mol. The Bertz CT molecular complexity index is 3170. The fraction of sp³-hybridized carbons (Fsp3) is 0.0667. The molecule has 3 heteroatoms. The first-order valence-corrected chi connectivity index (χ1v) is 21.9. The van der Waals surface area contributed by atoms with Gasteiger partial charge in [0.05, 0.1) is 34.1 Å². The van der Waals surface area contributed by atoms with Gasteiger partial charge in [0.15, 0.2) is 0 Å². The Morgan fingerprint density at radius 3 is 1.81 bits per heavy atom. The van der Waals surface area contributed by atoms with Gasteiger partial charge in [-0.25, -0.2) is 0 Å². The molecule has 0 N–H and O–H groups in total. The Morgan fingerprint density at radius 1 is 0.460 bits per heavy atom. The summed E-state index contributed by atoms with van der Waals surface area (Å²) in [4.78, 5) is 7.11. The molecule has 2 heterocycles. The number of allylic oxidation sites excluding steroid dienone is 5. The zero-order valence-electron chi connectivity index (χ0n) is 35.6. The predicted octanol–water partition coefficient (Wildman–Crippen LogP) is 16.8. The molecule has 0 unspecified atom stereocenters. The van der Waals surface area contributed by atoms with Crippen LogP contribution in [0.2, 0.25) is 0 Å². The zero-order valence-corrected chi connectivity index (χ0v) is 35.6. The molecule has 0 saturated heterocycles. The zero-order chi connectivity index (χ0) is 42.5. The summed E-state index contributed by atoms with van der Waals surface area (Å²) in [6, 6.07) is 64.0. The molecule has 8 aromatic carbocycles. The lowest BCUT2D eigenvalue weighted by atomic mass is 9.81. The summed E-state index contributed by atoms with van der Waals surface area (Å²) in [5.41, 5.74) is 18.7. The molecule has 2 aliphatic heterocycles. The fourth-order valence-corrected chi connectivity index (χ4v) is 9.85. The van der Waals surface area contributed by atoms with E-state index in [4.69, 9.17) is 0 Å². The van der Waals surface area contributed by atoms with Crippen LogP contribution in [0, 0.1) is 0 Å². The minimum Gasteiger partial charge on any atom is -0.310 e. The number of fused-ring (bicyclic) bond motifs is 7. The van der Waals surface area contributed by atoms with Crippen molar-refractivity contribution in [2.75, 3.05) is 14.7 Å². The van der Waals surface area contributed by atoms with Crippen LogP contribution in [0.1, 0.15) is 48.1 Å².